The van der Waals surface area contributed by atoms with Gasteiger partial charge in [0.25, 0.3) is 0 Å². The Morgan fingerprint density at radius 3 is 2.57 bits per heavy atom. The molecule has 2 nitrogen and oxygen atoms in total. The van der Waals surface area contributed by atoms with E-state index in [4.69, 9.17) is 4.74 Å². The Labute approximate surface area is 123 Å². The number of benzene rings is 1. The summed E-state index contributed by atoms with van der Waals surface area (Å²) >= 11 is 0. The first-order chi connectivity index (χ1) is 10.0. The maximum absolute atomic E-state index is 13.3. The number of ether oxygens (including phenoxy) is 1. The molecule has 0 spiro atoms. The van der Waals surface area contributed by atoms with Crippen LogP contribution in [0.5, 0.6) is 5.75 Å². The van der Waals surface area contributed by atoms with Gasteiger partial charge in [-0.15, -0.1) is 0 Å². The molecule has 1 fully saturated rings. The Balaban J connectivity index is 2.23. The lowest BCUT2D eigenvalue weighted by molar-refractivity contribution is -0.138. The molecule has 5 heteroatoms. The fraction of sp³-hybridized carbons (Fsp3) is 0.625. The molecule has 21 heavy (non-hydrogen) atoms. The molecule has 2 rings (SSSR count). The van der Waals surface area contributed by atoms with Gasteiger partial charge in [0.05, 0.1) is 12.2 Å². The van der Waals surface area contributed by atoms with Crippen LogP contribution in [-0.4, -0.2) is 19.7 Å². The Hall–Kier alpha value is -1.23. The summed E-state index contributed by atoms with van der Waals surface area (Å²) in [5, 5.41) is 3.18. The highest BCUT2D eigenvalue weighted by Gasteiger charge is 2.36. The van der Waals surface area contributed by atoms with E-state index in [2.05, 4.69) is 5.32 Å². The van der Waals surface area contributed by atoms with Gasteiger partial charge in [-0.25, -0.2) is 0 Å². The van der Waals surface area contributed by atoms with E-state index in [0.717, 1.165) is 44.8 Å². The van der Waals surface area contributed by atoms with Gasteiger partial charge in [0.15, 0.2) is 0 Å². The van der Waals surface area contributed by atoms with Crippen LogP contribution in [0, 0.1) is 0 Å². The molecule has 1 saturated heterocycles. The van der Waals surface area contributed by atoms with Crippen molar-refractivity contribution in [1.82, 2.24) is 5.32 Å². The molecule has 1 heterocycles. The maximum Gasteiger partial charge on any atom is 0.416 e. The van der Waals surface area contributed by atoms with Gasteiger partial charge in [-0.2, -0.15) is 13.2 Å². The van der Waals surface area contributed by atoms with Crippen molar-refractivity contribution in [2.75, 3.05) is 19.7 Å². The summed E-state index contributed by atoms with van der Waals surface area (Å²) < 4.78 is 45.3. The van der Waals surface area contributed by atoms with E-state index in [-0.39, 0.29) is 5.92 Å². The average Bonchev–Trinajstić information content (AvgIpc) is 2.47. The lowest BCUT2D eigenvalue weighted by Gasteiger charge is -2.26. The lowest BCUT2D eigenvalue weighted by Crippen LogP contribution is -2.27. The van der Waals surface area contributed by atoms with Crippen LogP contribution in [0.2, 0.25) is 0 Å². The quantitative estimate of drug-likeness (QED) is 0.816. The number of hydrogen-bond donors (Lipinski definition) is 1. The van der Waals surface area contributed by atoms with Crippen molar-refractivity contribution in [3.8, 4) is 5.75 Å². The van der Waals surface area contributed by atoms with Crippen molar-refractivity contribution >= 4 is 0 Å². The van der Waals surface area contributed by atoms with Crippen molar-refractivity contribution < 1.29 is 17.9 Å². The first kappa shape index (κ1) is 16.1. The second kappa shape index (κ2) is 7.16. The van der Waals surface area contributed by atoms with Crippen LogP contribution >= 0.6 is 0 Å². The fourth-order valence-electron chi connectivity index (χ4n) is 2.69. The molecule has 1 N–H and O–H groups in total. The molecule has 118 valence electrons. The summed E-state index contributed by atoms with van der Waals surface area (Å²) in [6, 6.07) is 4.43. The van der Waals surface area contributed by atoms with E-state index in [1.54, 1.807) is 12.1 Å². The molecular weight excluding hydrogens is 279 g/mol. The molecule has 0 aliphatic carbocycles. The molecule has 0 bridgehead atoms. The van der Waals surface area contributed by atoms with E-state index in [0.29, 0.717) is 17.9 Å². The van der Waals surface area contributed by atoms with Crippen LogP contribution in [0.3, 0.4) is 0 Å². The van der Waals surface area contributed by atoms with Gasteiger partial charge in [-0.3, -0.25) is 0 Å². The van der Waals surface area contributed by atoms with E-state index < -0.39 is 11.7 Å². The molecule has 0 radical (unpaired) electrons. The largest absolute Gasteiger partial charge is 0.494 e. The Morgan fingerprint density at radius 1 is 1.24 bits per heavy atom. The minimum atomic E-state index is -4.33. The van der Waals surface area contributed by atoms with Crippen LogP contribution < -0.4 is 10.1 Å². The van der Waals surface area contributed by atoms with Gasteiger partial charge < -0.3 is 10.1 Å². The van der Waals surface area contributed by atoms with Crippen molar-refractivity contribution in [3.63, 3.8) is 0 Å². The highest BCUT2D eigenvalue weighted by atomic mass is 19.4. The first-order valence-electron chi connectivity index (χ1n) is 7.57. The normalized spacial score (nSPS) is 17.0. The molecule has 1 aliphatic heterocycles. The number of unbranched alkanes of at least 4 members (excludes halogenated alkanes) is 1. The molecule has 0 saturated carbocycles. The average molecular weight is 301 g/mol. The predicted octanol–water partition coefficient (Wildman–Crippen LogP) is 4.35. The summed E-state index contributed by atoms with van der Waals surface area (Å²) in [7, 11) is 0. The van der Waals surface area contributed by atoms with Gasteiger partial charge in [0.2, 0.25) is 0 Å². The van der Waals surface area contributed by atoms with Crippen molar-refractivity contribution in [2.45, 2.75) is 44.7 Å². The fourth-order valence-corrected chi connectivity index (χ4v) is 2.69. The Bertz CT molecular complexity index is 453. The van der Waals surface area contributed by atoms with Crippen LogP contribution in [0.25, 0.3) is 0 Å². The molecule has 1 aliphatic rings. The SMILES string of the molecule is CCCCOc1ccc(C2CCNCC2)c(C(F)(F)F)c1. The topological polar surface area (TPSA) is 21.3 Å². The smallest absolute Gasteiger partial charge is 0.416 e. The number of alkyl halides is 3. The summed E-state index contributed by atoms with van der Waals surface area (Å²) in [6.07, 6.45) is -1.03. The standard InChI is InChI=1S/C16H22F3NO/c1-2-3-10-21-13-4-5-14(12-6-8-20-9-7-12)15(11-13)16(17,18)19/h4-5,11-12,20H,2-3,6-10H2,1H3. The van der Waals surface area contributed by atoms with Gasteiger partial charge in [0.1, 0.15) is 5.75 Å². The monoisotopic (exact) mass is 301 g/mol. The Kier molecular flexibility index (Phi) is 5.51. The van der Waals surface area contributed by atoms with Crippen molar-refractivity contribution in [2.24, 2.45) is 0 Å². The van der Waals surface area contributed by atoms with Crippen molar-refractivity contribution in [1.29, 1.82) is 0 Å². The van der Waals surface area contributed by atoms with Crippen LogP contribution in [0.4, 0.5) is 13.2 Å². The van der Waals surface area contributed by atoms with Crippen LogP contribution in [-0.2, 0) is 6.18 Å². The molecule has 0 unspecified atom stereocenters. The third kappa shape index (κ3) is 4.37. The third-order valence-corrected chi connectivity index (χ3v) is 3.88. The van der Waals surface area contributed by atoms with E-state index >= 15 is 0 Å². The van der Waals surface area contributed by atoms with Crippen molar-refractivity contribution in [3.05, 3.63) is 29.3 Å². The zero-order valence-electron chi connectivity index (χ0n) is 12.3. The summed E-state index contributed by atoms with van der Waals surface area (Å²) in [5.41, 5.74) is -0.129. The molecule has 1 aromatic carbocycles. The third-order valence-electron chi connectivity index (χ3n) is 3.88. The highest BCUT2D eigenvalue weighted by molar-refractivity contribution is 5.40. The molecule has 0 amide bonds. The van der Waals surface area contributed by atoms with E-state index in [9.17, 15) is 13.2 Å². The second-order valence-corrected chi connectivity index (χ2v) is 5.47. The molecule has 1 aromatic rings. The Morgan fingerprint density at radius 2 is 1.95 bits per heavy atom. The summed E-state index contributed by atoms with van der Waals surface area (Å²) in [6.45, 7) is 4.03. The van der Waals surface area contributed by atoms with Gasteiger partial charge in [-0.05, 0) is 56.0 Å². The van der Waals surface area contributed by atoms with Crippen LogP contribution in [0.15, 0.2) is 18.2 Å². The minimum Gasteiger partial charge on any atom is -0.494 e. The minimum absolute atomic E-state index is 0.0208. The second-order valence-electron chi connectivity index (χ2n) is 5.47. The zero-order chi connectivity index (χ0) is 15.3. The summed E-state index contributed by atoms with van der Waals surface area (Å²) in [4.78, 5) is 0. The van der Waals surface area contributed by atoms with Gasteiger partial charge in [0, 0.05) is 0 Å². The number of nitrogens with one attached hydrogen (secondary N) is 1. The maximum atomic E-state index is 13.3. The van der Waals surface area contributed by atoms with Gasteiger partial charge >= 0.3 is 6.18 Å². The van der Waals surface area contributed by atoms with Crippen LogP contribution in [0.1, 0.15) is 49.7 Å². The van der Waals surface area contributed by atoms with E-state index in [1.165, 1.54) is 0 Å². The molecule has 0 atom stereocenters. The van der Waals surface area contributed by atoms with Gasteiger partial charge in [-0.1, -0.05) is 19.4 Å². The number of halogens is 3. The molecular formula is C16H22F3NO. The number of piperidine rings is 1. The predicted molar refractivity (Wildman–Crippen MR) is 76.7 cm³/mol. The summed E-state index contributed by atoms with van der Waals surface area (Å²) in [5.74, 6) is 0.293. The lowest BCUT2D eigenvalue weighted by atomic mass is 9.87. The molecule has 0 aromatic heterocycles. The highest BCUT2D eigenvalue weighted by Crippen LogP contribution is 2.39. The first-order valence-corrected chi connectivity index (χ1v) is 7.57. The zero-order valence-corrected chi connectivity index (χ0v) is 12.3. The number of hydrogen-bond acceptors (Lipinski definition) is 2. The number of rotatable bonds is 5. The van der Waals surface area contributed by atoms with E-state index in [1.807, 2.05) is 6.92 Å².